The molecule has 0 saturated carbocycles. The van der Waals surface area contributed by atoms with Crippen molar-refractivity contribution in [3.05, 3.63) is 71.8 Å². The van der Waals surface area contributed by atoms with E-state index in [9.17, 15) is 4.39 Å². The van der Waals surface area contributed by atoms with Gasteiger partial charge in [-0.3, -0.25) is 4.99 Å². The molecule has 7 nitrogen and oxygen atoms in total. The summed E-state index contributed by atoms with van der Waals surface area (Å²) in [5, 5.41) is 7.92. The van der Waals surface area contributed by atoms with E-state index in [1.807, 2.05) is 42.4 Å². The van der Waals surface area contributed by atoms with Crippen molar-refractivity contribution < 1.29 is 13.9 Å². The summed E-state index contributed by atoms with van der Waals surface area (Å²) >= 11 is 0. The molecule has 1 aromatic heterocycles. The Bertz CT molecular complexity index is 1020. The molecule has 0 atom stereocenters. The number of nitrogens with zero attached hydrogens (tertiary/aromatic N) is 4. The summed E-state index contributed by atoms with van der Waals surface area (Å²) in [6, 6.07) is 14.0. The highest BCUT2D eigenvalue weighted by molar-refractivity contribution is 14.0. The van der Waals surface area contributed by atoms with E-state index in [-0.39, 0.29) is 29.8 Å². The standard InChI is InChI=1S/C23H28FN5O2.HI/c1-25-23(28(2)16-17-5-10-21(30-3)15-22(17)31-4)26-13-11-19-12-14-29(27-19)20-8-6-18(24)7-9-20;/h5-10,12,14-15H,11,13,16H2,1-4H3,(H,25,26);1H. The molecule has 3 rings (SSSR count). The van der Waals surface area contributed by atoms with E-state index >= 15 is 0 Å². The minimum atomic E-state index is -0.261. The number of hydrogen-bond donors (Lipinski definition) is 1. The van der Waals surface area contributed by atoms with Gasteiger partial charge >= 0.3 is 0 Å². The van der Waals surface area contributed by atoms with Crippen LogP contribution in [0.3, 0.4) is 0 Å². The van der Waals surface area contributed by atoms with E-state index in [0.29, 0.717) is 13.1 Å². The Hall–Kier alpha value is -2.82. The second-order valence-electron chi connectivity index (χ2n) is 6.99. The van der Waals surface area contributed by atoms with Gasteiger partial charge in [-0.15, -0.1) is 24.0 Å². The van der Waals surface area contributed by atoms with Crippen LogP contribution in [-0.2, 0) is 13.0 Å². The third-order valence-electron chi connectivity index (χ3n) is 4.87. The lowest BCUT2D eigenvalue weighted by Crippen LogP contribution is -2.39. The average molecular weight is 553 g/mol. The molecule has 0 aliphatic heterocycles. The van der Waals surface area contributed by atoms with Crippen LogP contribution in [0.5, 0.6) is 11.5 Å². The van der Waals surface area contributed by atoms with Crippen molar-refractivity contribution >= 4 is 29.9 Å². The van der Waals surface area contributed by atoms with Crippen molar-refractivity contribution in [2.45, 2.75) is 13.0 Å². The molecule has 0 saturated heterocycles. The number of benzene rings is 2. The van der Waals surface area contributed by atoms with Crippen LogP contribution < -0.4 is 14.8 Å². The predicted molar refractivity (Wildman–Crippen MR) is 135 cm³/mol. The number of nitrogens with one attached hydrogen (secondary N) is 1. The van der Waals surface area contributed by atoms with Crippen molar-refractivity contribution in [3.63, 3.8) is 0 Å². The van der Waals surface area contributed by atoms with Crippen LogP contribution >= 0.6 is 24.0 Å². The fourth-order valence-corrected chi connectivity index (χ4v) is 3.23. The van der Waals surface area contributed by atoms with E-state index in [1.165, 1.54) is 12.1 Å². The first-order chi connectivity index (χ1) is 15.0. The van der Waals surface area contributed by atoms with Gasteiger partial charge in [-0.2, -0.15) is 5.10 Å². The average Bonchev–Trinajstić information content (AvgIpc) is 3.26. The first-order valence-electron chi connectivity index (χ1n) is 9.97. The molecule has 0 aliphatic carbocycles. The number of methoxy groups -OCH3 is 2. The lowest BCUT2D eigenvalue weighted by Gasteiger charge is -2.23. The molecular formula is C23H29FIN5O2. The molecule has 2 aromatic carbocycles. The largest absolute Gasteiger partial charge is 0.497 e. The number of halogens is 2. The van der Waals surface area contributed by atoms with Crippen LogP contribution in [0.2, 0.25) is 0 Å². The molecule has 0 unspecified atom stereocenters. The molecule has 0 amide bonds. The number of aromatic nitrogens is 2. The molecule has 0 bridgehead atoms. The molecular weight excluding hydrogens is 524 g/mol. The van der Waals surface area contributed by atoms with Gasteiger partial charge in [-0.25, -0.2) is 9.07 Å². The quantitative estimate of drug-likeness (QED) is 0.261. The summed E-state index contributed by atoms with van der Waals surface area (Å²) in [7, 11) is 7.01. The second-order valence-corrected chi connectivity index (χ2v) is 6.99. The molecule has 0 spiro atoms. The van der Waals surface area contributed by atoms with Crippen LogP contribution in [-0.4, -0.2) is 55.5 Å². The summed E-state index contributed by atoms with van der Waals surface area (Å²) in [5.41, 5.74) is 2.79. The van der Waals surface area contributed by atoms with E-state index < -0.39 is 0 Å². The first kappa shape index (κ1) is 25.4. The summed E-state index contributed by atoms with van der Waals surface area (Å²) < 4.78 is 25.6. The number of aliphatic imine (C=N–C) groups is 1. The topological polar surface area (TPSA) is 63.9 Å². The number of ether oxygens (including phenoxy) is 2. The minimum Gasteiger partial charge on any atom is -0.497 e. The van der Waals surface area contributed by atoms with Gasteiger partial charge in [-0.1, -0.05) is 0 Å². The Kier molecular flexibility index (Phi) is 9.76. The van der Waals surface area contributed by atoms with Crippen LogP contribution in [0.15, 0.2) is 59.7 Å². The monoisotopic (exact) mass is 553 g/mol. The molecule has 1 heterocycles. The summed E-state index contributed by atoms with van der Waals surface area (Å²) in [6.07, 6.45) is 2.60. The van der Waals surface area contributed by atoms with Gasteiger partial charge < -0.3 is 19.7 Å². The van der Waals surface area contributed by atoms with Gasteiger partial charge in [0.05, 0.1) is 25.6 Å². The van der Waals surface area contributed by atoms with Crippen LogP contribution in [0.25, 0.3) is 5.69 Å². The fourth-order valence-electron chi connectivity index (χ4n) is 3.23. The number of guanidine groups is 1. The van der Waals surface area contributed by atoms with Gasteiger partial charge in [0.2, 0.25) is 0 Å². The van der Waals surface area contributed by atoms with Crippen LogP contribution in [0.1, 0.15) is 11.3 Å². The third kappa shape index (κ3) is 6.59. The van der Waals surface area contributed by atoms with Crippen LogP contribution in [0, 0.1) is 5.82 Å². The van der Waals surface area contributed by atoms with Crippen molar-refractivity contribution in [2.24, 2.45) is 4.99 Å². The third-order valence-corrected chi connectivity index (χ3v) is 4.87. The lowest BCUT2D eigenvalue weighted by atomic mass is 10.2. The summed E-state index contributed by atoms with van der Waals surface area (Å²) in [4.78, 5) is 6.40. The lowest BCUT2D eigenvalue weighted by molar-refractivity contribution is 0.382. The Morgan fingerprint density at radius 1 is 1.12 bits per heavy atom. The van der Waals surface area contributed by atoms with Crippen molar-refractivity contribution in [1.82, 2.24) is 20.0 Å². The second kappa shape index (κ2) is 12.3. The molecule has 32 heavy (non-hydrogen) atoms. The Labute approximate surface area is 205 Å². The van der Waals surface area contributed by atoms with Crippen molar-refractivity contribution in [3.8, 4) is 17.2 Å². The number of hydrogen-bond acceptors (Lipinski definition) is 4. The zero-order valence-electron chi connectivity index (χ0n) is 18.7. The van der Waals surface area contributed by atoms with Gasteiger partial charge in [0, 0.05) is 51.4 Å². The van der Waals surface area contributed by atoms with E-state index in [2.05, 4.69) is 15.4 Å². The Morgan fingerprint density at radius 3 is 2.53 bits per heavy atom. The van der Waals surface area contributed by atoms with Gasteiger partial charge in [0.25, 0.3) is 0 Å². The van der Waals surface area contributed by atoms with E-state index in [0.717, 1.165) is 40.8 Å². The predicted octanol–water partition coefficient (Wildman–Crippen LogP) is 3.90. The maximum Gasteiger partial charge on any atom is 0.193 e. The zero-order chi connectivity index (χ0) is 22.2. The Balaban J connectivity index is 0.00000363. The number of rotatable bonds is 8. The summed E-state index contributed by atoms with van der Waals surface area (Å²) in [6.45, 7) is 1.31. The molecule has 0 fully saturated rings. The molecule has 0 aliphatic rings. The maximum absolute atomic E-state index is 13.1. The maximum atomic E-state index is 13.1. The molecule has 0 radical (unpaired) electrons. The highest BCUT2D eigenvalue weighted by atomic mass is 127. The molecule has 3 aromatic rings. The van der Waals surface area contributed by atoms with Gasteiger partial charge in [0.1, 0.15) is 17.3 Å². The highest BCUT2D eigenvalue weighted by Gasteiger charge is 2.11. The summed E-state index contributed by atoms with van der Waals surface area (Å²) in [5.74, 6) is 2.04. The van der Waals surface area contributed by atoms with E-state index in [1.54, 1.807) is 38.1 Å². The highest BCUT2D eigenvalue weighted by Crippen LogP contribution is 2.25. The molecule has 1 N–H and O–H groups in total. The zero-order valence-corrected chi connectivity index (χ0v) is 21.0. The first-order valence-corrected chi connectivity index (χ1v) is 9.97. The SMILES string of the molecule is CN=C(NCCc1ccn(-c2ccc(F)cc2)n1)N(C)Cc1ccc(OC)cc1OC.I. The molecule has 172 valence electrons. The Morgan fingerprint density at radius 2 is 1.88 bits per heavy atom. The van der Waals surface area contributed by atoms with Gasteiger partial charge in [-0.05, 0) is 42.5 Å². The fraction of sp³-hybridized carbons (Fsp3) is 0.304. The molecule has 9 heteroatoms. The van der Waals surface area contributed by atoms with Crippen molar-refractivity contribution in [1.29, 1.82) is 0 Å². The van der Waals surface area contributed by atoms with Gasteiger partial charge in [0.15, 0.2) is 5.96 Å². The van der Waals surface area contributed by atoms with Crippen molar-refractivity contribution in [2.75, 3.05) is 34.9 Å². The van der Waals surface area contributed by atoms with Crippen LogP contribution in [0.4, 0.5) is 4.39 Å². The normalized spacial score (nSPS) is 11.0. The smallest absolute Gasteiger partial charge is 0.193 e. The van der Waals surface area contributed by atoms with E-state index in [4.69, 9.17) is 9.47 Å². The minimum absolute atomic E-state index is 0.